The van der Waals surface area contributed by atoms with Gasteiger partial charge in [-0.25, -0.2) is 9.97 Å². The van der Waals surface area contributed by atoms with Crippen molar-refractivity contribution in [1.29, 1.82) is 0 Å². The number of amides is 1. The summed E-state index contributed by atoms with van der Waals surface area (Å²) in [5, 5.41) is 6.55. The van der Waals surface area contributed by atoms with Crippen LogP contribution in [0.25, 0.3) is 0 Å². The minimum atomic E-state index is -0.0367. The molecule has 5 nitrogen and oxygen atoms in total. The van der Waals surface area contributed by atoms with Gasteiger partial charge in [0.05, 0.1) is 0 Å². The van der Waals surface area contributed by atoms with Gasteiger partial charge < -0.3 is 10.6 Å². The van der Waals surface area contributed by atoms with Crippen LogP contribution in [-0.2, 0) is 4.79 Å². The smallest absolute Gasteiger partial charge is 0.224 e. The van der Waals surface area contributed by atoms with E-state index in [4.69, 9.17) is 11.6 Å². The minimum absolute atomic E-state index is 0.0367. The molecule has 2 aromatic rings. The standard InChI is InChI=1S/C16H19ClN4O/c1-11-9-12(2)20-16(19-11)18-8-4-7-15(22)21-14-6-3-5-13(17)10-14/h3,5-6,9-10H,4,7-8H2,1-2H3,(H,21,22)(H,18,19,20). The lowest BCUT2D eigenvalue weighted by molar-refractivity contribution is -0.116. The predicted molar refractivity (Wildman–Crippen MR) is 89.3 cm³/mol. The molecule has 22 heavy (non-hydrogen) atoms. The Morgan fingerprint density at radius 1 is 1.18 bits per heavy atom. The highest BCUT2D eigenvalue weighted by Crippen LogP contribution is 2.15. The maximum Gasteiger partial charge on any atom is 0.224 e. The van der Waals surface area contributed by atoms with Crippen LogP contribution in [-0.4, -0.2) is 22.4 Å². The summed E-state index contributed by atoms with van der Waals surface area (Å²) in [6.07, 6.45) is 1.12. The Morgan fingerprint density at radius 3 is 2.59 bits per heavy atom. The normalized spacial score (nSPS) is 10.3. The molecule has 0 fully saturated rings. The van der Waals surface area contributed by atoms with Crippen molar-refractivity contribution >= 4 is 29.1 Å². The van der Waals surface area contributed by atoms with Crippen LogP contribution in [0.15, 0.2) is 30.3 Å². The van der Waals surface area contributed by atoms with Crippen LogP contribution in [0.4, 0.5) is 11.6 Å². The van der Waals surface area contributed by atoms with Gasteiger partial charge in [-0.15, -0.1) is 0 Å². The summed E-state index contributed by atoms with van der Waals surface area (Å²) in [6, 6.07) is 9.03. The van der Waals surface area contributed by atoms with E-state index < -0.39 is 0 Å². The van der Waals surface area contributed by atoms with Gasteiger partial charge >= 0.3 is 0 Å². The van der Waals surface area contributed by atoms with Crippen molar-refractivity contribution in [3.8, 4) is 0 Å². The first-order chi connectivity index (χ1) is 10.5. The van der Waals surface area contributed by atoms with E-state index in [0.29, 0.717) is 36.0 Å². The highest BCUT2D eigenvalue weighted by Gasteiger charge is 2.03. The molecule has 0 atom stereocenters. The molecule has 116 valence electrons. The zero-order valence-corrected chi connectivity index (χ0v) is 13.4. The number of rotatable bonds is 6. The van der Waals surface area contributed by atoms with E-state index >= 15 is 0 Å². The largest absolute Gasteiger partial charge is 0.354 e. The third-order valence-electron chi connectivity index (χ3n) is 2.95. The van der Waals surface area contributed by atoms with E-state index in [2.05, 4.69) is 20.6 Å². The first kappa shape index (κ1) is 16.2. The van der Waals surface area contributed by atoms with Gasteiger partial charge in [0.1, 0.15) is 0 Å². The molecule has 0 unspecified atom stereocenters. The van der Waals surface area contributed by atoms with E-state index in [1.165, 1.54) is 0 Å². The average molecular weight is 319 g/mol. The van der Waals surface area contributed by atoms with Gasteiger partial charge in [0.15, 0.2) is 0 Å². The topological polar surface area (TPSA) is 66.9 Å². The third kappa shape index (κ3) is 5.33. The molecule has 1 aromatic heterocycles. The fraction of sp³-hybridized carbons (Fsp3) is 0.312. The molecule has 1 amide bonds. The number of halogens is 1. The first-order valence-electron chi connectivity index (χ1n) is 7.14. The molecule has 6 heteroatoms. The summed E-state index contributed by atoms with van der Waals surface area (Å²) >= 11 is 5.87. The quantitative estimate of drug-likeness (QED) is 0.799. The van der Waals surface area contributed by atoms with Crippen molar-refractivity contribution in [3.63, 3.8) is 0 Å². The van der Waals surface area contributed by atoms with Crippen molar-refractivity contribution in [2.75, 3.05) is 17.2 Å². The number of aromatic nitrogens is 2. The molecule has 0 saturated carbocycles. The zero-order valence-electron chi connectivity index (χ0n) is 12.7. The molecule has 1 aromatic carbocycles. The number of anilines is 2. The lowest BCUT2D eigenvalue weighted by Gasteiger charge is -2.07. The summed E-state index contributed by atoms with van der Waals surface area (Å²) in [5.74, 6) is 0.568. The van der Waals surface area contributed by atoms with Gasteiger partial charge in [0.25, 0.3) is 0 Å². The van der Waals surface area contributed by atoms with E-state index in [1.807, 2.05) is 26.0 Å². The van der Waals surface area contributed by atoms with Gasteiger partial charge in [0.2, 0.25) is 11.9 Å². The van der Waals surface area contributed by atoms with Crippen LogP contribution in [0.2, 0.25) is 5.02 Å². The fourth-order valence-corrected chi connectivity index (χ4v) is 2.23. The van der Waals surface area contributed by atoms with Crippen molar-refractivity contribution in [1.82, 2.24) is 9.97 Å². The average Bonchev–Trinajstić information content (AvgIpc) is 2.42. The Bertz CT molecular complexity index is 640. The lowest BCUT2D eigenvalue weighted by atomic mass is 10.2. The number of benzene rings is 1. The molecule has 0 saturated heterocycles. The van der Waals surface area contributed by atoms with Gasteiger partial charge in [-0.05, 0) is 44.5 Å². The Morgan fingerprint density at radius 2 is 1.91 bits per heavy atom. The van der Waals surface area contributed by atoms with Crippen LogP contribution >= 0.6 is 11.6 Å². The van der Waals surface area contributed by atoms with Crippen molar-refractivity contribution in [2.24, 2.45) is 0 Å². The fourth-order valence-electron chi connectivity index (χ4n) is 2.04. The molecule has 2 N–H and O–H groups in total. The van der Waals surface area contributed by atoms with Crippen LogP contribution in [0.1, 0.15) is 24.2 Å². The van der Waals surface area contributed by atoms with Crippen molar-refractivity contribution in [3.05, 3.63) is 46.7 Å². The second-order valence-corrected chi connectivity index (χ2v) is 5.50. The molecule has 0 radical (unpaired) electrons. The summed E-state index contributed by atoms with van der Waals surface area (Å²) < 4.78 is 0. The Kier molecular flexibility index (Phi) is 5.72. The summed E-state index contributed by atoms with van der Waals surface area (Å²) in [7, 11) is 0. The Labute approximate surface area is 135 Å². The van der Waals surface area contributed by atoms with Crippen molar-refractivity contribution < 1.29 is 4.79 Å². The first-order valence-corrected chi connectivity index (χ1v) is 7.52. The van der Waals surface area contributed by atoms with E-state index in [1.54, 1.807) is 18.2 Å². The molecule has 2 rings (SSSR count). The highest BCUT2D eigenvalue weighted by atomic mass is 35.5. The molecule has 0 spiro atoms. The van der Waals surface area contributed by atoms with E-state index in [0.717, 1.165) is 11.4 Å². The van der Waals surface area contributed by atoms with E-state index in [9.17, 15) is 4.79 Å². The summed E-state index contributed by atoms with van der Waals surface area (Å²) in [4.78, 5) is 20.4. The van der Waals surface area contributed by atoms with Gasteiger partial charge in [-0.3, -0.25) is 4.79 Å². The third-order valence-corrected chi connectivity index (χ3v) is 3.19. The highest BCUT2D eigenvalue weighted by molar-refractivity contribution is 6.30. The van der Waals surface area contributed by atoms with Gasteiger partial charge in [-0.1, -0.05) is 17.7 Å². The second-order valence-electron chi connectivity index (χ2n) is 5.06. The zero-order chi connectivity index (χ0) is 15.9. The number of hydrogen-bond donors (Lipinski definition) is 2. The van der Waals surface area contributed by atoms with E-state index in [-0.39, 0.29) is 5.91 Å². The van der Waals surface area contributed by atoms with Crippen LogP contribution in [0.5, 0.6) is 0 Å². The number of aryl methyl sites for hydroxylation is 2. The number of carbonyl (C=O) groups is 1. The number of carbonyl (C=O) groups excluding carboxylic acids is 1. The maximum atomic E-state index is 11.8. The van der Waals surface area contributed by atoms with Gasteiger partial charge in [-0.2, -0.15) is 0 Å². The number of hydrogen-bond acceptors (Lipinski definition) is 4. The molecular weight excluding hydrogens is 300 g/mol. The summed E-state index contributed by atoms with van der Waals surface area (Å²) in [5.41, 5.74) is 2.56. The Balaban J connectivity index is 1.73. The lowest BCUT2D eigenvalue weighted by Crippen LogP contribution is -2.14. The monoisotopic (exact) mass is 318 g/mol. The second kappa shape index (κ2) is 7.75. The minimum Gasteiger partial charge on any atom is -0.354 e. The maximum absolute atomic E-state index is 11.8. The molecule has 1 heterocycles. The molecule has 0 bridgehead atoms. The number of nitrogens with zero attached hydrogens (tertiary/aromatic N) is 2. The van der Waals surface area contributed by atoms with Crippen LogP contribution in [0.3, 0.4) is 0 Å². The number of nitrogens with one attached hydrogen (secondary N) is 2. The predicted octanol–water partition coefficient (Wildman–Crippen LogP) is 3.58. The molecule has 0 aliphatic carbocycles. The van der Waals surface area contributed by atoms with Gasteiger partial charge in [0, 0.05) is 35.1 Å². The molecule has 0 aliphatic rings. The Hall–Kier alpha value is -2.14. The molecule has 0 aliphatic heterocycles. The van der Waals surface area contributed by atoms with Crippen molar-refractivity contribution in [2.45, 2.75) is 26.7 Å². The summed E-state index contributed by atoms with van der Waals surface area (Å²) in [6.45, 7) is 4.50. The van der Waals surface area contributed by atoms with Crippen LogP contribution < -0.4 is 10.6 Å². The van der Waals surface area contributed by atoms with Crippen LogP contribution in [0, 0.1) is 13.8 Å². The SMILES string of the molecule is Cc1cc(C)nc(NCCCC(=O)Nc2cccc(Cl)c2)n1. The molecular formula is C16H19ClN4O.